The number of hydrogen-bond donors (Lipinski definition) is 3. The van der Waals surface area contributed by atoms with Crippen molar-refractivity contribution in [3.8, 4) is 0 Å². The van der Waals surface area contributed by atoms with Gasteiger partial charge < -0.3 is 15.3 Å². The van der Waals surface area contributed by atoms with E-state index in [9.17, 15) is 0 Å². The molecule has 0 aromatic heterocycles. The van der Waals surface area contributed by atoms with Crippen LogP contribution in [0.4, 0.5) is 0 Å². The fraction of sp³-hybridized carbons (Fsp3) is 0.600. The average Bonchev–Trinajstić information content (AvgIpc) is 2.38. The molecular formula is C15H22Cl2O3. The van der Waals surface area contributed by atoms with Crippen LogP contribution < -0.4 is 0 Å². The summed E-state index contributed by atoms with van der Waals surface area (Å²) in [6.07, 6.45) is 5.75. The SMILES string of the molecule is OC1(O)CCCCC1.OCCCc1ccc(Cl)cc1Cl. The monoisotopic (exact) mass is 320 g/mol. The number of rotatable bonds is 3. The minimum atomic E-state index is -1.32. The number of aliphatic hydroxyl groups excluding tert-OH is 1. The van der Waals surface area contributed by atoms with E-state index in [1.54, 1.807) is 12.1 Å². The van der Waals surface area contributed by atoms with Crippen molar-refractivity contribution in [2.45, 2.75) is 50.7 Å². The zero-order valence-corrected chi connectivity index (χ0v) is 13.0. The van der Waals surface area contributed by atoms with Crippen LogP contribution in [0.25, 0.3) is 0 Å². The Bertz CT molecular complexity index is 400. The normalized spacial score (nSPS) is 17.2. The molecule has 1 aliphatic carbocycles. The van der Waals surface area contributed by atoms with Crippen molar-refractivity contribution in [2.24, 2.45) is 0 Å². The molecule has 1 aliphatic rings. The van der Waals surface area contributed by atoms with Gasteiger partial charge >= 0.3 is 0 Å². The van der Waals surface area contributed by atoms with Crippen LogP contribution in [0.15, 0.2) is 18.2 Å². The molecule has 1 fully saturated rings. The number of aryl methyl sites for hydroxylation is 1. The topological polar surface area (TPSA) is 60.7 Å². The van der Waals surface area contributed by atoms with Crippen LogP contribution >= 0.6 is 23.2 Å². The molecule has 3 N–H and O–H groups in total. The molecule has 20 heavy (non-hydrogen) atoms. The van der Waals surface area contributed by atoms with E-state index in [0.717, 1.165) is 37.7 Å². The van der Waals surface area contributed by atoms with E-state index in [1.807, 2.05) is 6.07 Å². The van der Waals surface area contributed by atoms with Gasteiger partial charge in [0.15, 0.2) is 5.79 Å². The van der Waals surface area contributed by atoms with Crippen molar-refractivity contribution in [2.75, 3.05) is 6.61 Å². The lowest BCUT2D eigenvalue weighted by Crippen LogP contribution is -2.30. The molecule has 0 aliphatic heterocycles. The van der Waals surface area contributed by atoms with Crippen LogP contribution in [0.2, 0.25) is 10.0 Å². The van der Waals surface area contributed by atoms with Crippen molar-refractivity contribution >= 4 is 23.2 Å². The Balaban J connectivity index is 0.000000217. The summed E-state index contributed by atoms with van der Waals surface area (Å²) in [4.78, 5) is 0. The van der Waals surface area contributed by atoms with Crippen molar-refractivity contribution in [1.82, 2.24) is 0 Å². The third kappa shape index (κ3) is 6.91. The fourth-order valence-electron chi connectivity index (χ4n) is 2.11. The van der Waals surface area contributed by atoms with Crippen LogP contribution in [0.3, 0.4) is 0 Å². The zero-order valence-electron chi connectivity index (χ0n) is 11.5. The maximum atomic E-state index is 8.93. The first-order valence-corrected chi connectivity index (χ1v) is 7.70. The van der Waals surface area contributed by atoms with E-state index in [0.29, 0.717) is 22.9 Å². The quantitative estimate of drug-likeness (QED) is 0.746. The smallest absolute Gasteiger partial charge is 0.162 e. The molecule has 2 rings (SSSR count). The van der Waals surface area contributed by atoms with Gasteiger partial charge in [-0.1, -0.05) is 35.7 Å². The molecular weight excluding hydrogens is 299 g/mol. The molecule has 1 saturated carbocycles. The van der Waals surface area contributed by atoms with Crippen LogP contribution in [-0.2, 0) is 6.42 Å². The molecule has 0 bridgehead atoms. The van der Waals surface area contributed by atoms with Crippen LogP contribution in [0.1, 0.15) is 44.1 Å². The highest BCUT2D eigenvalue weighted by atomic mass is 35.5. The van der Waals surface area contributed by atoms with Gasteiger partial charge in [0, 0.05) is 29.5 Å². The van der Waals surface area contributed by atoms with Gasteiger partial charge in [0.25, 0.3) is 0 Å². The van der Waals surface area contributed by atoms with Crippen molar-refractivity contribution in [3.63, 3.8) is 0 Å². The molecule has 5 heteroatoms. The van der Waals surface area contributed by atoms with Crippen molar-refractivity contribution in [1.29, 1.82) is 0 Å². The Morgan fingerprint density at radius 3 is 2.15 bits per heavy atom. The molecule has 0 atom stereocenters. The van der Waals surface area contributed by atoms with Gasteiger partial charge in [-0.05, 0) is 43.4 Å². The zero-order chi connectivity index (χ0) is 15.0. The lowest BCUT2D eigenvalue weighted by molar-refractivity contribution is -0.180. The molecule has 114 valence electrons. The highest BCUT2D eigenvalue weighted by Crippen LogP contribution is 2.24. The highest BCUT2D eigenvalue weighted by Gasteiger charge is 2.24. The largest absolute Gasteiger partial charge is 0.396 e. The van der Waals surface area contributed by atoms with Gasteiger partial charge in [0.1, 0.15) is 0 Å². The molecule has 1 aromatic carbocycles. The van der Waals surface area contributed by atoms with Crippen molar-refractivity contribution < 1.29 is 15.3 Å². The van der Waals surface area contributed by atoms with Gasteiger partial charge in [0.05, 0.1) is 0 Å². The second-order valence-electron chi connectivity index (χ2n) is 5.11. The summed E-state index contributed by atoms with van der Waals surface area (Å²) in [6.45, 7) is 0.193. The third-order valence-electron chi connectivity index (χ3n) is 3.27. The minimum absolute atomic E-state index is 0.193. The first-order valence-electron chi connectivity index (χ1n) is 6.94. The molecule has 3 nitrogen and oxygen atoms in total. The van der Waals surface area contributed by atoms with E-state index in [2.05, 4.69) is 0 Å². The summed E-state index contributed by atoms with van der Waals surface area (Å²) < 4.78 is 0. The van der Waals surface area contributed by atoms with Crippen molar-refractivity contribution in [3.05, 3.63) is 33.8 Å². The van der Waals surface area contributed by atoms with E-state index in [4.69, 9.17) is 38.5 Å². The summed E-state index contributed by atoms with van der Waals surface area (Å²) in [6, 6.07) is 5.41. The Morgan fingerprint density at radius 1 is 1.05 bits per heavy atom. The first kappa shape index (κ1) is 17.7. The summed E-state index contributed by atoms with van der Waals surface area (Å²) >= 11 is 11.6. The van der Waals surface area contributed by atoms with Gasteiger partial charge in [-0.2, -0.15) is 0 Å². The van der Waals surface area contributed by atoms with Crippen LogP contribution in [-0.4, -0.2) is 27.7 Å². The van der Waals surface area contributed by atoms with E-state index >= 15 is 0 Å². The van der Waals surface area contributed by atoms with E-state index in [-0.39, 0.29) is 6.61 Å². The maximum absolute atomic E-state index is 8.93. The van der Waals surface area contributed by atoms with Crippen LogP contribution in [0, 0.1) is 0 Å². The third-order valence-corrected chi connectivity index (χ3v) is 3.86. The summed E-state index contributed by atoms with van der Waals surface area (Å²) in [5.41, 5.74) is 1.04. The molecule has 0 unspecified atom stereocenters. The van der Waals surface area contributed by atoms with Crippen LogP contribution in [0.5, 0.6) is 0 Å². The Morgan fingerprint density at radius 2 is 1.70 bits per heavy atom. The highest BCUT2D eigenvalue weighted by molar-refractivity contribution is 6.35. The summed E-state index contributed by atoms with van der Waals surface area (Å²) in [5.74, 6) is -1.32. The molecule has 0 spiro atoms. The Kier molecular flexibility index (Phi) is 7.85. The predicted molar refractivity (Wildman–Crippen MR) is 82.1 cm³/mol. The first-order chi connectivity index (χ1) is 9.44. The lowest BCUT2D eigenvalue weighted by Gasteiger charge is -2.25. The number of aliphatic hydroxyl groups is 3. The van der Waals surface area contributed by atoms with Gasteiger partial charge in [-0.25, -0.2) is 0 Å². The van der Waals surface area contributed by atoms with E-state index < -0.39 is 5.79 Å². The molecule has 0 amide bonds. The maximum Gasteiger partial charge on any atom is 0.162 e. The molecule has 0 saturated heterocycles. The van der Waals surface area contributed by atoms with Gasteiger partial charge in [-0.15, -0.1) is 0 Å². The molecule has 0 radical (unpaired) electrons. The second-order valence-corrected chi connectivity index (χ2v) is 5.95. The average molecular weight is 321 g/mol. The van der Waals surface area contributed by atoms with Gasteiger partial charge in [0.2, 0.25) is 0 Å². The lowest BCUT2D eigenvalue weighted by atomic mass is 9.95. The molecule has 1 aromatic rings. The van der Waals surface area contributed by atoms with Gasteiger partial charge in [-0.3, -0.25) is 0 Å². The standard InChI is InChI=1S/C9H10Cl2O.C6H12O2/c10-8-4-3-7(2-1-5-12)9(11)6-8;7-6(8)4-2-1-3-5-6/h3-4,6,12H,1-2,5H2;7-8H,1-5H2. The fourth-order valence-corrected chi connectivity index (χ4v) is 2.61. The summed E-state index contributed by atoms with van der Waals surface area (Å²) in [7, 11) is 0. The molecule has 0 heterocycles. The van der Waals surface area contributed by atoms with E-state index in [1.165, 1.54) is 0 Å². The second kappa shape index (κ2) is 8.85. The Labute approximate surface area is 130 Å². The number of halogens is 2. The number of hydrogen-bond acceptors (Lipinski definition) is 3. The minimum Gasteiger partial charge on any atom is -0.396 e. The summed E-state index contributed by atoms with van der Waals surface area (Å²) in [5, 5.41) is 27.8. The predicted octanol–water partition coefficient (Wildman–Crippen LogP) is 3.55. The number of benzene rings is 1. The Hall–Kier alpha value is -0.320.